The fraction of sp³-hybridized carbons (Fsp3) is 0.108. The number of aromatic nitrogens is 1. The van der Waals surface area contributed by atoms with E-state index < -0.39 is 20.9 Å². The van der Waals surface area contributed by atoms with Crippen LogP contribution < -0.4 is 9.46 Å². The van der Waals surface area contributed by atoms with Crippen LogP contribution in [-0.4, -0.2) is 30.9 Å². The number of ether oxygens (including phenoxy) is 1. The molecule has 0 atom stereocenters. The second kappa shape index (κ2) is 12.9. The number of benzene rings is 5. The zero-order valence-electron chi connectivity index (χ0n) is 25.7. The van der Waals surface area contributed by atoms with Crippen LogP contribution in [0.15, 0.2) is 132 Å². The summed E-state index contributed by atoms with van der Waals surface area (Å²) in [7, 11) is -2.63. The Kier molecular flexibility index (Phi) is 8.60. The predicted octanol–water partition coefficient (Wildman–Crippen LogP) is 7.21. The first-order chi connectivity index (χ1) is 22.7. The van der Waals surface area contributed by atoms with Crippen molar-refractivity contribution in [3.8, 4) is 5.75 Å². The lowest BCUT2D eigenvalue weighted by Crippen LogP contribution is -2.31. The Morgan fingerprint density at radius 3 is 2.11 bits per heavy atom. The average Bonchev–Trinajstić information content (AvgIpc) is 3.42. The zero-order chi connectivity index (χ0) is 33.1. The van der Waals surface area contributed by atoms with Crippen molar-refractivity contribution in [3.63, 3.8) is 0 Å². The monoisotopic (exact) mass is 645 g/mol. The van der Waals surface area contributed by atoms with Gasteiger partial charge in [-0.1, -0.05) is 84.9 Å². The number of fused-ring (bicyclic) bond motifs is 1. The number of amides is 1. The summed E-state index contributed by atoms with van der Waals surface area (Å²) in [6.45, 7) is 1.66. The van der Waals surface area contributed by atoms with Crippen molar-refractivity contribution in [1.82, 2.24) is 9.29 Å². The normalized spacial score (nSPS) is 11.5. The summed E-state index contributed by atoms with van der Waals surface area (Å²) in [4.78, 5) is 24.5. The summed E-state index contributed by atoms with van der Waals surface area (Å²) in [5.41, 5.74) is 5.05. The molecule has 0 radical (unpaired) electrons. The number of nitrogens with zero attached hydrogens (tertiary/aromatic N) is 2. The van der Waals surface area contributed by atoms with E-state index in [-0.39, 0.29) is 22.2 Å². The van der Waals surface area contributed by atoms with Gasteiger partial charge in [0.05, 0.1) is 23.0 Å². The van der Waals surface area contributed by atoms with Gasteiger partial charge in [-0.3, -0.25) is 14.9 Å². The summed E-state index contributed by atoms with van der Waals surface area (Å²) in [5, 5.41) is 12.5. The number of carbonyl (C=O) groups excluding carboxylic acids is 1. The quantitative estimate of drug-likeness (QED) is 0.124. The Labute approximate surface area is 272 Å². The molecular weight excluding hydrogens is 614 g/mol. The Hall–Kier alpha value is -5.74. The number of rotatable bonds is 10. The van der Waals surface area contributed by atoms with Crippen LogP contribution in [0.3, 0.4) is 0 Å². The van der Waals surface area contributed by atoms with E-state index in [9.17, 15) is 23.3 Å². The molecule has 236 valence electrons. The van der Waals surface area contributed by atoms with Crippen molar-refractivity contribution in [3.05, 3.63) is 171 Å². The highest BCUT2D eigenvalue weighted by Gasteiger charge is 2.24. The largest absolute Gasteiger partial charge is 0.496 e. The number of nitrogens with one attached hydrogen (secondary N) is 1. The van der Waals surface area contributed by atoms with Gasteiger partial charge in [-0.05, 0) is 59.0 Å². The number of aryl methyl sites for hydroxylation is 1. The van der Waals surface area contributed by atoms with Crippen molar-refractivity contribution in [1.29, 1.82) is 0 Å². The Morgan fingerprint density at radius 2 is 1.49 bits per heavy atom. The molecule has 6 rings (SSSR count). The SMILES string of the molecule is COc1cc(C(=O)NS(=O)(=O)c2ccccc2C)ccc1Cc1cn(C(c2ccccc2)c2ccccc2)c2ccc([N+](=O)[O-])cc12. The molecule has 6 aromatic rings. The molecule has 1 heterocycles. The van der Waals surface area contributed by atoms with E-state index in [0.717, 1.165) is 22.2 Å². The van der Waals surface area contributed by atoms with Crippen LogP contribution in [0.4, 0.5) is 5.69 Å². The fourth-order valence-corrected chi connectivity index (χ4v) is 7.12. The number of hydrogen-bond acceptors (Lipinski definition) is 6. The molecule has 1 aromatic heterocycles. The average molecular weight is 646 g/mol. The second-order valence-electron chi connectivity index (χ2n) is 11.1. The number of nitro groups is 1. The van der Waals surface area contributed by atoms with Crippen molar-refractivity contribution in [2.24, 2.45) is 0 Å². The third-order valence-corrected chi connectivity index (χ3v) is 9.65. The van der Waals surface area contributed by atoms with E-state index in [4.69, 9.17) is 4.74 Å². The topological polar surface area (TPSA) is 121 Å². The molecule has 0 aliphatic heterocycles. The van der Waals surface area contributed by atoms with E-state index in [1.54, 1.807) is 49.4 Å². The second-order valence-corrected chi connectivity index (χ2v) is 12.8. The summed E-state index contributed by atoms with van der Waals surface area (Å²) in [5.74, 6) is -0.418. The first kappa shape index (κ1) is 31.3. The lowest BCUT2D eigenvalue weighted by molar-refractivity contribution is -0.384. The molecule has 0 fully saturated rings. The highest BCUT2D eigenvalue weighted by molar-refractivity contribution is 7.90. The maximum atomic E-state index is 13.1. The molecule has 0 aliphatic carbocycles. The molecule has 0 unspecified atom stereocenters. The van der Waals surface area contributed by atoms with Gasteiger partial charge in [0.25, 0.3) is 21.6 Å². The number of hydrogen-bond donors (Lipinski definition) is 1. The molecule has 0 bridgehead atoms. The zero-order valence-corrected chi connectivity index (χ0v) is 26.5. The van der Waals surface area contributed by atoms with Gasteiger partial charge in [-0.25, -0.2) is 13.1 Å². The maximum Gasteiger partial charge on any atom is 0.270 e. The molecular formula is C37H31N3O6S. The van der Waals surface area contributed by atoms with Gasteiger partial charge in [0, 0.05) is 41.2 Å². The van der Waals surface area contributed by atoms with Gasteiger partial charge in [0.1, 0.15) is 5.75 Å². The third-order valence-electron chi connectivity index (χ3n) is 8.16. The van der Waals surface area contributed by atoms with Crippen molar-refractivity contribution in [2.75, 3.05) is 7.11 Å². The number of carbonyl (C=O) groups is 1. The highest BCUT2D eigenvalue weighted by atomic mass is 32.2. The summed E-state index contributed by atoms with van der Waals surface area (Å²) in [6, 6.07) is 35.9. The highest BCUT2D eigenvalue weighted by Crippen LogP contribution is 2.36. The van der Waals surface area contributed by atoms with Gasteiger partial charge < -0.3 is 9.30 Å². The van der Waals surface area contributed by atoms with E-state index >= 15 is 0 Å². The molecule has 5 aromatic carbocycles. The van der Waals surface area contributed by atoms with Crippen molar-refractivity contribution >= 4 is 32.5 Å². The molecule has 10 heteroatoms. The van der Waals surface area contributed by atoms with E-state index in [0.29, 0.717) is 28.7 Å². The van der Waals surface area contributed by atoms with Crippen LogP contribution in [0.5, 0.6) is 5.75 Å². The van der Waals surface area contributed by atoms with Crippen LogP contribution in [0.25, 0.3) is 10.9 Å². The molecule has 0 spiro atoms. The summed E-state index contributed by atoms with van der Waals surface area (Å²) in [6.07, 6.45) is 2.33. The first-order valence-electron chi connectivity index (χ1n) is 14.8. The first-order valence-corrected chi connectivity index (χ1v) is 16.3. The number of nitro benzene ring substituents is 1. The van der Waals surface area contributed by atoms with Gasteiger partial charge in [0.2, 0.25) is 0 Å². The molecule has 47 heavy (non-hydrogen) atoms. The summed E-state index contributed by atoms with van der Waals surface area (Å²) < 4.78 is 35.8. The lowest BCUT2D eigenvalue weighted by atomic mass is 9.98. The number of methoxy groups -OCH3 is 1. The van der Waals surface area contributed by atoms with Gasteiger partial charge in [-0.2, -0.15) is 0 Å². The Morgan fingerprint density at radius 1 is 0.851 bits per heavy atom. The minimum Gasteiger partial charge on any atom is -0.496 e. The Bertz CT molecular complexity index is 2170. The maximum absolute atomic E-state index is 13.1. The molecule has 0 saturated carbocycles. The van der Waals surface area contributed by atoms with Crippen LogP contribution >= 0.6 is 0 Å². The van der Waals surface area contributed by atoms with Gasteiger partial charge in [-0.15, -0.1) is 0 Å². The van der Waals surface area contributed by atoms with E-state index in [1.807, 2.05) is 42.6 Å². The molecule has 1 amide bonds. The molecule has 1 N–H and O–H groups in total. The minimum absolute atomic E-state index is 0.0201. The minimum atomic E-state index is -4.10. The third kappa shape index (κ3) is 6.36. The number of non-ortho nitro benzene ring substituents is 1. The molecule has 0 saturated heterocycles. The smallest absolute Gasteiger partial charge is 0.270 e. The van der Waals surface area contributed by atoms with Crippen molar-refractivity contribution < 1.29 is 22.9 Å². The van der Waals surface area contributed by atoms with E-state index in [1.165, 1.54) is 25.3 Å². The summed E-state index contributed by atoms with van der Waals surface area (Å²) >= 11 is 0. The fourth-order valence-electron chi connectivity index (χ4n) is 5.90. The van der Waals surface area contributed by atoms with Crippen LogP contribution in [-0.2, 0) is 16.4 Å². The predicted molar refractivity (Wildman–Crippen MR) is 180 cm³/mol. The van der Waals surface area contributed by atoms with Crippen LogP contribution in [0.1, 0.15) is 44.2 Å². The standard InChI is InChI=1S/C37H31N3O6S/c1-25-11-9-10-16-35(25)47(44,45)38-37(41)29-18-17-28(34(22-29)46-2)21-30-24-39(33-20-19-31(40(42)43)23-32(30)33)36(26-12-5-3-6-13-26)27-14-7-4-8-15-27/h3-20,22-24,36H,21H2,1-2H3,(H,38,41). The van der Waals surface area contributed by atoms with Gasteiger partial charge in [0.15, 0.2) is 0 Å². The van der Waals surface area contributed by atoms with E-state index in [2.05, 4.69) is 33.6 Å². The van der Waals surface area contributed by atoms with Crippen molar-refractivity contribution in [2.45, 2.75) is 24.3 Å². The molecule has 9 nitrogen and oxygen atoms in total. The number of sulfonamides is 1. The molecule has 0 aliphatic rings. The Balaban J connectivity index is 1.40. The van der Waals surface area contributed by atoms with Gasteiger partial charge >= 0.3 is 0 Å². The lowest BCUT2D eigenvalue weighted by Gasteiger charge is -2.21. The van der Waals surface area contributed by atoms with Crippen LogP contribution in [0, 0.1) is 17.0 Å². The van der Waals surface area contributed by atoms with Crippen LogP contribution in [0.2, 0.25) is 0 Å².